The number of hydrogen-bond acceptors (Lipinski definition) is 6. The van der Waals surface area contributed by atoms with Crippen molar-refractivity contribution in [3.63, 3.8) is 0 Å². The molecule has 2 heterocycles. The van der Waals surface area contributed by atoms with Gasteiger partial charge in [-0.3, -0.25) is 9.78 Å². The number of nitrogens with zero attached hydrogens (tertiary/aromatic N) is 2. The number of alkyl carbamates (subject to hydrolysis) is 1. The first kappa shape index (κ1) is 24.7. The highest BCUT2D eigenvalue weighted by Crippen LogP contribution is 2.29. The van der Waals surface area contributed by atoms with E-state index < -0.39 is 29.1 Å². The van der Waals surface area contributed by atoms with Gasteiger partial charge in [-0.2, -0.15) is 0 Å². The zero-order valence-corrected chi connectivity index (χ0v) is 20.1. The molecule has 3 aromatic rings. The van der Waals surface area contributed by atoms with Crippen LogP contribution in [0.15, 0.2) is 30.6 Å². The molecular weight excluding hydrogens is 438 g/mol. The Hall–Kier alpha value is -3.95. The van der Waals surface area contributed by atoms with Crippen molar-refractivity contribution >= 4 is 28.9 Å². The minimum Gasteiger partial charge on any atom is -0.478 e. The lowest BCUT2D eigenvalue weighted by atomic mass is 10.1. The summed E-state index contributed by atoms with van der Waals surface area (Å²) >= 11 is 0. The number of carbonyl (C=O) groups excluding carboxylic acids is 2. The first-order valence-corrected chi connectivity index (χ1v) is 10.7. The van der Waals surface area contributed by atoms with E-state index in [1.807, 2.05) is 6.92 Å². The maximum atomic E-state index is 12.7. The van der Waals surface area contributed by atoms with Crippen LogP contribution in [0.5, 0.6) is 0 Å². The zero-order valence-electron chi connectivity index (χ0n) is 20.1. The number of amides is 2. The number of H-pyrrole nitrogens is 1. The second kappa shape index (κ2) is 9.12. The number of carbonyl (C=O) groups is 3. The minimum absolute atomic E-state index is 0.106. The van der Waals surface area contributed by atoms with Crippen LogP contribution in [0.2, 0.25) is 0 Å². The molecule has 0 fully saturated rings. The Kier molecular flexibility index (Phi) is 6.63. The fourth-order valence-electron chi connectivity index (χ4n) is 3.33. The van der Waals surface area contributed by atoms with Gasteiger partial charge < -0.3 is 25.5 Å². The SMILES string of the molecule is Cc1c(-c2cncc(C(=O)NCC(C)(C)NC(=O)OC(C)(C)C)n2)[nH]c2ccc(C(=O)O)cc12. The molecule has 180 valence electrons. The molecule has 10 nitrogen and oxygen atoms in total. The number of aromatic amines is 1. The Labute approximate surface area is 197 Å². The summed E-state index contributed by atoms with van der Waals surface area (Å²) in [5.41, 5.74) is 1.54. The molecule has 1 aromatic carbocycles. The summed E-state index contributed by atoms with van der Waals surface area (Å²) in [6.07, 6.45) is 2.31. The van der Waals surface area contributed by atoms with Gasteiger partial charge in [0.15, 0.2) is 0 Å². The molecular formula is C24H29N5O5. The fraction of sp³-hybridized carbons (Fsp3) is 0.375. The molecule has 0 aliphatic rings. The van der Waals surface area contributed by atoms with Crippen molar-refractivity contribution in [2.75, 3.05) is 6.54 Å². The molecule has 0 saturated heterocycles. The van der Waals surface area contributed by atoms with Gasteiger partial charge in [-0.1, -0.05) is 0 Å². The molecule has 0 radical (unpaired) electrons. The van der Waals surface area contributed by atoms with Gasteiger partial charge >= 0.3 is 12.1 Å². The van der Waals surface area contributed by atoms with E-state index in [4.69, 9.17) is 4.74 Å². The van der Waals surface area contributed by atoms with E-state index in [1.165, 1.54) is 18.5 Å². The number of aromatic nitrogens is 3. The number of carboxylic acid groups (broad SMARTS) is 1. The monoisotopic (exact) mass is 467 g/mol. The summed E-state index contributed by atoms with van der Waals surface area (Å²) in [5.74, 6) is -1.46. The van der Waals surface area contributed by atoms with Crippen molar-refractivity contribution in [3.8, 4) is 11.4 Å². The molecule has 0 atom stereocenters. The summed E-state index contributed by atoms with van der Waals surface area (Å²) in [4.78, 5) is 47.9. The standard InChI is InChI=1S/C24H29N5O5/c1-13-15-9-14(21(31)32)7-8-16(15)28-19(13)17-10-25-11-18(27-17)20(30)26-12-24(5,6)29-22(33)34-23(2,3)4/h7-11,28H,12H2,1-6H3,(H,26,30)(H,29,33)(H,31,32). The molecule has 2 amide bonds. The lowest BCUT2D eigenvalue weighted by molar-refractivity contribution is 0.0468. The van der Waals surface area contributed by atoms with E-state index in [2.05, 4.69) is 25.6 Å². The largest absolute Gasteiger partial charge is 0.478 e. The Balaban J connectivity index is 1.75. The third-order valence-electron chi connectivity index (χ3n) is 4.96. The topological polar surface area (TPSA) is 146 Å². The third-order valence-corrected chi connectivity index (χ3v) is 4.96. The predicted molar refractivity (Wildman–Crippen MR) is 127 cm³/mol. The summed E-state index contributed by atoms with van der Waals surface area (Å²) in [6, 6.07) is 4.81. The number of benzene rings is 1. The number of hydrogen-bond donors (Lipinski definition) is 4. The summed E-state index contributed by atoms with van der Waals surface area (Å²) in [6.45, 7) is 10.8. The van der Waals surface area contributed by atoms with Gasteiger partial charge in [0.2, 0.25) is 0 Å². The summed E-state index contributed by atoms with van der Waals surface area (Å²) < 4.78 is 5.27. The van der Waals surface area contributed by atoms with Crippen LogP contribution in [0.3, 0.4) is 0 Å². The number of carboxylic acids is 1. The lowest BCUT2D eigenvalue weighted by Crippen LogP contribution is -2.52. The van der Waals surface area contributed by atoms with Crippen molar-refractivity contribution in [3.05, 3.63) is 47.4 Å². The van der Waals surface area contributed by atoms with Gasteiger partial charge in [-0.05, 0) is 65.3 Å². The average molecular weight is 468 g/mol. The highest BCUT2D eigenvalue weighted by molar-refractivity contribution is 5.97. The number of rotatable bonds is 6. The molecule has 3 rings (SSSR count). The van der Waals surface area contributed by atoms with Crippen molar-refractivity contribution in [2.45, 2.75) is 52.7 Å². The molecule has 34 heavy (non-hydrogen) atoms. The van der Waals surface area contributed by atoms with Gasteiger partial charge in [0.25, 0.3) is 5.91 Å². The molecule has 0 spiro atoms. The van der Waals surface area contributed by atoms with E-state index in [0.717, 1.165) is 16.5 Å². The van der Waals surface area contributed by atoms with Gasteiger partial charge in [-0.15, -0.1) is 0 Å². The van der Waals surface area contributed by atoms with Gasteiger partial charge in [0.1, 0.15) is 17.0 Å². The van der Waals surface area contributed by atoms with Crippen LogP contribution in [0.1, 0.15) is 61.0 Å². The number of aryl methyl sites for hydroxylation is 1. The molecule has 0 aliphatic carbocycles. The molecule has 4 N–H and O–H groups in total. The molecule has 0 unspecified atom stereocenters. The lowest BCUT2D eigenvalue weighted by Gasteiger charge is -2.28. The first-order chi connectivity index (χ1) is 15.8. The second-order valence-corrected chi connectivity index (χ2v) is 9.67. The van der Waals surface area contributed by atoms with Crippen LogP contribution >= 0.6 is 0 Å². The molecule has 10 heteroatoms. The fourth-order valence-corrected chi connectivity index (χ4v) is 3.33. The van der Waals surface area contributed by atoms with Crippen LogP contribution in [0.25, 0.3) is 22.3 Å². The quantitative estimate of drug-likeness (QED) is 0.432. The smallest absolute Gasteiger partial charge is 0.408 e. The second-order valence-electron chi connectivity index (χ2n) is 9.67. The maximum Gasteiger partial charge on any atom is 0.408 e. The number of fused-ring (bicyclic) bond motifs is 1. The van der Waals surface area contributed by atoms with Crippen LogP contribution in [-0.4, -0.2) is 55.7 Å². The summed E-state index contributed by atoms with van der Waals surface area (Å²) in [5, 5.41) is 15.5. The minimum atomic E-state index is -1.01. The van der Waals surface area contributed by atoms with E-state index in [-0.39, 0.29) is 17.8 Å². The van der Waals surface area contributed by atoms with Gasteiger partial charge in [0, 0.05) is 17.4 Å². The van der Waals surface area contributed by atoms with Gasteiger partial charge in [-0.25, -0.2) is 14.6 Å². The number of ether oxygens (including phenoxy) is 1. The van der Waals surface area contributed by atoms with Crippen LogP contribution in [0, 0.1) is 6.92 Å². The van der Waals surface area contributed by atoms with Crippen molar-refractivity contribution in [1.82, 2.24) is 25.6 Å². The van der Waals surface area contributed by atoms with Gasteiger partial charge in [0.05, 0.1) is 29.2 Å². The van der Waals surface area contributed by atoms with Crippen molar-refractivity contribution < 1.29 is 24.2 Å². The van der Waals surface area contributed by atoms with E-state index in [9.17, 15) is 19.5 Å². The highest BCUT2D eigenvalue weighted by Gasteiger charge is 2.25. The maximum absolute atomic E-state index is 12.7. The Morgan fingerprint density at radius 2 is 1.82 bits per heavy atom. The van der Waals surface area contributed by atoms with E-state index in [1.54, 1.807) is 46.8 Å². The van der Waals surface area contributed by atoms with Crippen molar-refractivity contribution in [1.29, 1.82) is 0 Å². The zero-order chi connectivity index (χ0) is 25.3. The van der Waals surface area contributed by atoms with Crippen molar-refractivity contribution in [2.24, 2.45) is 0 Å². The third kappa shape index (κ3) is 5.89. The molecule has 2 aromatic heterocycles. The molecule has 0 saturated carbocycles. The van der Waals surface area contributed by atoms with Crippen LogP contribution < -0.4 is 10.6 Å². The summed E-state index contributed by atoms with van der Waals surface area (Å²) in [7, 11) is 0. The normalized spacial score (nSPS) is 11.8. The highest BCUT2D eigenvalue weighted by atomic mass is 16.6. The Bertz CT molecular complexity index is 1260. The predicted octanol–water partition coefficient (Wildman–Crippen LogP) is 3.66. The van der Waals surface area contributed by atoms with Crippen LogP contribution in [-0.2, 0) is 4.74 Å². The molecule has 0 aliphatic heterocycles. The van der Waals surface area contributed by atoms with Crippen LogP contribution in [0.4, 0.5) is 4.79 Å². The number of nitrogens with one attached hydrogen (secondary N) is 3. The Morgan fingerprint density at radius 1 is 1.12 bits per heavy atom. The average Bonchev–Trinajstić information content (AvgIpc) is 3.06. The number of aromatic carboxylic acids is 1. The van der Waals surface area contributed by atoms with E-state index >= 15 is 0 Å². The molecule has 0 bridgehead atoms. The Morgan fingerprint density at radius 3 is 2.47 bits per heavy atom. The first-order valence-electron chi connectivity index (χ1n) is 10.7. The van der Waals surface area contributed by atoms with E-state index in [0.29, 0.717) is 11.4 Å².